The van der Waals surface area contributed by atoms with Gasteiger partial charge in [0.05, 0.1) is 5.54 Å². The fourth-order valence-corrected chi connectivity index (χ4v) is 1.98. The van der Waals surface area contributed by atoms with Crippen molar-refractivity contribution < 1.29 is 4.79 Å². The lowest BCUT2D eigenvalue weighted by molar-refractivity contribution is 0.0691. The molecule has 1 aliphatic rings. The molecule has 0 saturated heterocycles. The molecule has 1 amide bonds. The van der Waals surface area contributed by atoms with Gasteiger partial charge in [0.1, 0.15) is 0 Å². The summed E-state index contributed by atoms with van der Waals surface area (Å²) in [6, 6.07) is 6.10. The van der Waals surface area contributed by atoms with E-state index in [1.165, 1.54) is 0 Å². The number of benzene rings is 1. The molecule has 0 unspecified atom stereocenters. The number of rotatable bonds is 0. The van der Waals surface area contributed by atoms with Gasteiger partial charge in [-0.25, -0.2) is 0 Å². The minimum atomic E-state index is -0.167. The van der Waals surface area contributed by atoms with Crippen molar-refractivity contribution >= 4 is 5.91 Å². The number of hydrogen-bond acceptors (Lipinski definition) is 1. The van der Waals surface area contributed by atoms with Crippen molar-refractivity contribution in [2.75, 3.05) is 7.05 Å². The first-order chi connectivity index (χ1) is 7.44. The molecule has 1 aromatic carbocycles. The zero-order valence-electron chi connectivity index (χ0n) is 11.1. The lowest BCUT2D eigenvalue weighted by atomic mass is 9.93. The molecule has 2 nitrogen and oxygen atoms in total. The molecule has 0 aromatic heterocycles. The summed E-state index contributed by atoms with van der Waals surface area (Å²) in [5.74, 6) is 0.133. The van der Waals surface area contributed by atoms with Gasteiger partial charge in [0, 0.05) is 12.6 Å². The van der Waals surface area contributed by atoms with Crippen LogP contribution in [-0.2, 0) is 5.54 Å². The van der Waals surface area contributed by atoms with Gasteiger partial charge in [-0.3, -0.25) is 4.79 Å². The first-order valence-electron chi connectivity index (χ1n) is 5.84. The number of amides is 1. The van der Waals surface area contributed by atoms with E-state index in [2.05, 4.69) is 26.0 Å². The van der Waals surface area contributed by atoms with Crippen molar-refractivity contribution in [3.8, 4) is 0 Å². The largest absolute Gasteiger partial charge is 0.332 e. The van der Waals surface area contributed by atoms with Gasteiger partial charge in [0.15, 0.2) is 0 Å². The summed E-state index contributed by atoms with van der Waals surface area (Å²) in [4.78, 5) is 13.7. The quantitative estimate of drug-likeness (QED) is 0.655. The molecule has 0 bridgehead atoms. The van der Waals surface area contributed by atoms with E-state index in [0.29, 0.717) is 0 Å². The second kappa shape index (κ2) is 4.28. The van der Waals surface area contributed by atoms with Crippen LogP contribution in [0.25, 0.3) is 0 Å². The summed E-state index contributed by atoms with van der Waals surface area (Å²) in [5.41, 5.74) is 2.97. The maximum atomic E-state index is 11.9. The molecule has 0 N–H and O–H groups in total. The normalized spacial score (nSPS) is 16.6. The summed E-state index contributed by atoms with van der Waals surface area (Å²) in [5, 5.41) is 0. The Hall–Kier alpha value is -1.31. The minimum Gasteiger partial charge on any atom is -0.332 e. The van der Waals surface area contributed by atoms with Crippen LogP contribution in [0.3, 0.4) is 0 Å². The Morgan fingerprint density at radius 2 is 1.75 bits per heavy atom. The number of carbonyl (C=O) groups excluding carboxylic acids is 1. The Morgan fingerprint density at radius 3 is 2.31 bits per heavy atom. The number of fused-ring (bicyclic) bond motifs is 1. The topological polar surface area (TPSA) is 20.3 Å². The predicted octanol–water partition coefficient (Wildman–Crippen LogP) is 3.34. The maximum Gasteiger partial charge on any atom is 0.254 e. The first-order valence-corrected chi connectivity index (χ1v) is 5.84. The maximum absolute atomic E-state index is 11.9. The van der Waals surface area contributed by atoms with E-state index in [1.54, 1.807) is 4.90 Å². The van der Waals surface area contributed by atoms with Crippen molar-refractivity contribution in [3.63, 3.8) is 0 Å². The van der Waals surface area contributed by atoms with Crippen LogP contribution < -0.4 is 0 Å². The van der Waals surface area contributed by atoms with E-state index in [9.17, 15) is 4.79 Å². The Kier molecular flexibility index (Phi) is 3.41. The van der Waals surface area contributed by atoms with Gasteiger partial charge < -0.3 is 4.90 Å². The summed E-state index contributed by atoms with van der Waals surface area (Å²) < 4.78 is 0. The van der Waals surface area contributed by atoms with Crippen molar-refractivity contribution in [2.24, 2.45) is 0 Å². The van der Waals surface area contributed by atoms with E-state index in [4.69, 9.17) is 0 Å². The zero-order chi connectivity index (χ0) is 12.5. The first kappa shape index (κ1) is 12.8. The Labute approximate surface area is 98.3 Å². The number of hydrogen-bond donors (Lipinski definition) is 0. The predicted molar refractivity (Wildman–Crippen MR) is 67.6 cm³/mol. The zero-order valence-corrected chi connectivity index (χ0v) is 11.1. The highest BCUT2D eigenvalue weighted by Gasteiger charge is 2.40. The number of carbonyl (C=O) groups is 1. The molecule has 2 heteroatoms. The van der Waals surface area contributed by atoms with Crippen LogP contribution in [-0.4, -0.2) is 17.9 Å². The molecule has 0 aliphatic carbocycles. The molecule has 1 heterocycles. The third-order valence-electron chi connectivity index (χ3n) is 3.21. The van der Waals surface area contributed by atoms with Crippen molar-refractivity contribution in [1.29, 1.82) is 0 Å². The Morgan fingerprint density at radius 1 is 1.19 bits per heavy atom. The smallest absolute Gasteiger partial charge is 0.254 e. The molecule has 1 aliphatic heterocycles. The van der Waals surface area contributed by atoms with Crippen LogP contribution in [0.15, 0.2) is 18.2 Å². The second-order valence-corrected chi connectivity index (χ2v) is 4.47. The fourth-order valence-electron chi connectivity index (χ4n) is 1.98. The van der Waals surface area contributed by atoms with Crippen molar-refractivity contribution in [1.82, 2.24) is 4.90 Å². The highest BCUT2D eigenvalue weighted by Crippen LogP contribution is 2.37. The summed E-state index contributed by atoms with van der Waals surface area (Å²) in [6.07, 6.45) is 0. The standard InChI is InChI=1S/C12H15NO.C2H6/c1-8-5-6-10-9(7-8)11(14)13(4)12(10,2)3;1-2/h5-7H,1-4H3;1-2H3. The van der Waals surface area contributed by atoms with Gasteiger partial charge in [-0.1, -0.05) is 31.5 Å². The van der Waals surface area contributed by atoms with Crippen LogP contribution >= 0.6 is 0 Å². The van der Waals surface area contributed by atoms with Crippen LogP contribution in [0.2, 0.25) is 0 Å². The third kappa shape index (κ3) is 1.73. The van der Waals surface area contributed by atoms with Gasteiger partial charge in [-0.15, -0.1) is 0 Å². The van der Waals surface area contributed by atoms with Gasteiger partial charge in [-0.2, -0.15) is 0 Å². The van der Waals surface area contributed by atoms with Crippen molar-refractivity contribution in [3.05, 3.63) is 34.9 Å². The lowest BCUT2D eigenvalue weighted by Crippen LogP contribution is -2.35. The lowest BCUT2D eigenvalue weighted by Gasteiger charge is -2.28. The molecule has 0 atom stereocenters. The summed E-state index contributed by atoms with van der Waals surface area (Å²) in [7, 11) is 1.86. The van der Waals surface area contributed by atoms with Gasteiger partial charge in [0.25, 0.3) is 5.91 Å². The van der Waals surface area contributed by atoms with Crippen molar-refractivity contribution in [2.45, 2.75) is 40.2 Å². The third-order valence-corrected chi connectivity index (χ3v) is 3.21. The van der Waals surface area contributed by atoms with Gasteiger partial charge >= 0.3 is 0 Å². The molecular weight excluding hydrogens is 198 g/mol. The molecule has 0 radical (unpaired) electrons. The molecule has 0 saturated carbocycles. The minimum absolute atomic E-state index is 0.133. The Balaban J connectivity index is 0.000000606. The average molecular weight is 219 g/mol. The highest BCUT2D eigenvalue weighted by atomic mass is 16.2. The molecule has 0 fully saturated rings. The molecule has 88 valence electrons. The van der Waals surface area contributed by atoms with Gasteiger partial charge in [-0.05, 0) is 32.4 Å². The average Bonchev–Trinajstić information content (AvgIpc) is 2.43. The fraction of sp³-hybridized carbons (Fsp3) is 0.500. The van der Waals surface area contributed by atoms with Crippen LogP contribution in [0.5, 0.6) is 0 Å². The van der Waals surface area contributed by atoms with E-state index < -0.39 is 0 Å². The van der Waals surface area contributed by atoms with Crippen LogP contribution in [0.1, 0.15) is 49.2 Å². The van der Waals surface area contributed by atoms with E-state index >= 15 is 0 Å². The second-order valence-electron chi connectivity index (χ2n) is 4.47. The molecule has 2 rings (SSSR count). The molecule has 16 heavy (non-hydrogen) atoms. The SMILES string of the molecule is CC.Cc1ccc2c(c1)C(=O)N(C)C2(C)C. The van der Waals surface area contributed by atoms with Crippen LogP contribution in [0, 0.1) is 6.92 Å². The van der Waals surface area contributed by atoms with E-state index in [0.717, 1.165) is 16.7 Å². The highest BCUT2D eigenvalue weighted by molar-refractivity contribution is 5.99. The number of aryl methyl sites for hydroxylation is 1. The summed E-state index contributed by atoms with van der Waals surface area (Å²) in [6.45, 7) is 10.2. The summed E-state index contributed by atoms with van der Waals surface area (Å²) >= 11 is 0. The number of nitrogens with zero attached hydrogens (tertiary/aromatic N) is 1. The van der Waals surface area contributed by atoms with Gasteiger partial charge in [0.2, 0.25) is 0 Å². The molecule has 0 spiro atoms. The molecular formula is C14H21NO. The molecule has 1 aromatic rings. The van der Waals surface area contributed by atoms with E-state index in [-0.39, 0.29) is 11.4 Å². The monoisotopic (exact) mass is 219 g/mol. The Bertz CT molecular complexity index is 407. The van der Waals surface area contributed by atoms with E-state index in [1.807, 2.05) is 33.9 Å². The van der Waals surface area contributed by atoms with Crippen LogP contribution in [0.4, 0.5) is 0 Å².